The second-order valence-electron chi connectivity index (χ2n) is 6.23. The molecule has 0 spiro atoms. The van der Waals surface area contributed by atoms with Crippen LogP contribution in [0.3, 0.4) is 0 Å². The van der Waals surface area contributed by atoms with Crippen molar-refractivity contribution in [1.82, 2.24) is 4.90 Å². The summed E-state index contributed by atoms with van der Waals surface area (Å²) in [5, 5.41) is 0. The second kappa shape index (κ2) is 7.53. The third-order valence-corrected chi connectivity index (χ3v) is 3.78. The molecule has 1 saturated heterocycles. The Morgan fingerprint density at radius 1 is 1.25 bits per heavy atom. The number of anilines is 1. The van der Waals surface area contributed by atoms with Crippen LogP contribution in [0.1, 0.15) is 38.7 Å². The molecule has 0 radical (unpaired) electrons. The maximum Gasteiger partial charge on any atom is 0.142 e. The number of ether oxygens (including phenoxy) is 1. The molecule has 1 aliphatic rings. The van der Waals surface area contributed by atoms with Crippen molar-refractivity contribution in [3.63, 3.8) is 0 Å². The van der Waals surface area contributed by atoms with Gasteiger partial charge in [-0.05, 0) is 68.9 Å². The van der Waals surface area contributed by atoms with Gasteiger partial charge in [0.2, 0.25) is 0 Å². The van der Waals surface area contributed by atoms with Crippen molar-refractivity contribution in [2.45, 2.75) is 39.5 Å². The number of hydrogen-bond acceptors (Lipinski definition) is 3. The van der Waals surface area contributed by atoms with Crippen molar-refractivity contribution in [2.24, 2.45) is 5.92 Å². The van der Waals surface area contributed by atoms with Crippen molar-refractivity contribution >= 4 is 5.69 Å². The Kier molecular flexibility index (Phi) is 5.72. The van der Waals surface area contributed by atoms with Crippen LogP contribution in [0.15, 0.2) is 18.2 Å². The Morgan fingerprint density at radius 3 is 2.65 bits per heavy atom. The first kappa shape index (κ1) is 15.2. The fourth-order valence-corrected chi connectivity index (χ4v) is 2.65. The first-order chi connectivity index (χ1) is 9.65. The Labute approximate surface area is 123 Å². The number of likely N-dealkylation sites (tertiary alicyclic amines) is 1. The normalized spacial score (nSPS) is 15.9. The van der Waals surface area contributed by atoms with Gasteiger partial charge in [-0.1, -0.05) is 19.9 Å². The van der Waals surface area contributed by atoms with E-state index in [-0.39, 0.29) is 0 Å². The predicted molar refractivity (Wildman–Crippen MR) is 85.2 cm³/mol. The van der Waals surface area contributed by atoms with Crippen molar-refractivity contribution in [3.8, 4) is 5.75 Å². The summed E-state index contributed by atoms with van der Waals surface area (Å²) in [6.45, 7) is 8.78. The highest BCUT2D eigenvalue weighted by Crippen LogP contribution is 2.24. The highest BCUT2D eigenvalue weighted by Gasteiger charge is 2.10. The van der Waals surface area contributed by atoms with Gasteiger partial charge in [0.15, 0.2) is 0 Å². The van der Waals surface area contributed by atoms with E-state index in [0.717, 1.165) is 24.5 Å². The van der Waals surface area contributed by atoms with Crippen LogP contribution in [0.25, 0.3) is 0 Å². The lowest BCUT2D eigenvalue weighted by molar-refractivity contribution is 0.272. The van der Waals surface area contributed by atoms with E-state index in [1.165, 1.54) is 44.5 Å². The molecule has 1 aliphatic heterocycles. The molecule has 1 heterocycles. The number of aryl methyl sites for hydroxylation is 1. The molecule has 0 aliphatic carbocycles. The molecule has 3 heteroatoms. The van der Waals surface area contributed by atoms with Crippen LogP contribution >= 0.6 is 0 Å². The van der Waals surface area contributed by atoms with E-state index in [0.29, 0.717) is 5.92 Å². The standard InChI is InChI=1S/C17H28N2O/c1-14(2)13-20-17-8-7-15(12-16(17)18)6-5-11-19-9-3-4-10-19/h7-8,12,14H,3-6,9-11,13,18H2,1-2H3. The maximum absolute atomic E-state index is 6.07. The molecular weight excluding hydrogens is 248 g/mol. The zero-order chi connectivity index (χ0) is 14.4. The van der Waals surface area contributed by atoms with Gasteiger partial charge in [-0.2, -0.15) is 0 Å². The largest absolute Gasteiger partial charge is 0.491 e. The smallest absolute Gasteiger partial charge is 0.142 e. The van der Waals surface area contributed by atoms with E-state index < -0.39 is 0 Å². The first-order valence-corrected chi connectivity index (χ1v) is 7.88. The fourth-order valence-electron chi connectivity index (χ4n) is 2.65. The number of benzene rings is 1. The van der Waals surface area contributed by atoms with Gasteiger partial charge in [-0.3, -0.25) is 0 Å². The minimum Gasteiger partial charge on any atom is -0.491 e. The molecule has 2 rings (SSSR count). The van der Waals surface area contributed by atoms with Gasteiger partial charge < -0.3 is 15.4 Å². The Morgan fingerprint density at radius 2 is 2.00 bits per heavy atom. The molecule has 0 unspecified atom stereocenters. The summed E-state index contributed by atoms with van der Waals surface area (Å²) in [6, 6.07) is 6.23. The van der Waals surface area contributed by atoms with Gasteiger partial charge in [0.1, 0.15) is 5.75 Å². The molecule has 112 valence electrons. The number of nitrogens with zero attached hydrogens (tertiary/aromatic N) is 1. The molecule has 1 aromatic carbocycles. The third kappa shape index (κ3) is 4.71. The van der Waals surface area contributed by atoms with Gasteiger partial charge in [0.25, 0.3) is 0 Å². The van der Waals surface area contributed by atoms with Crippen LogP contribution in [0.4, 0.5) is 5.69 Å². The van der Waals surface area contributed by atoms with Crippen LogP contribution in [0.2, 0.25) is 0 Å². The summed E-state index contributed by atoms with van der Waals surface area (Å²) in [5.41, 5.74) is 8.15. The molecule has 2 N–H and O–H groups in total. The number of rotatable bonds is 7. The molecule has 0 aromatic heterocycles. The number of nitrogen functional groups attached to an aromatic ring is 1. The predicted octanol–water partition coefficient (Wildman–Crippen LogP) is 3.33. The number of hydrogen-bond donors (Lipinski definition) is 1. The maximum atomic E-state index is 6.07. The summed E-state index contributed by atoms with van der Waals surface area (Å²) in [7, 11) is 0. The molecule has 3 nitrogen and oxygen atoms in total. The van der Waals surface area contributed by atoms with Crippen LogP contribution in [0, 0.1) is 5.92 Å². The Hall–Kier alpha value is -1.22. The fraction of sp³-hybridized carbons (Fsp3) is 0.647. The van der Waals surface area contributed by atoms with Gasteiger partial charge in [-0.25, -0.2) is 0 Å². The van der Waals surface area contributed by atoms with Crippen LogP contribution in [-0.2, 0) is 6.42 Å². The topological polar surface area (TPSA) is 38.5 Å². The zero-order valence-corrected chi connectivity index (χ0v) is 12.9. The highest BCUT2D eigenvalue weighted by molar-refractivity contribution is 5.54. The summed E-state index contributed by atoms with van der Waals surface area (Å²) in [5.74, 6) is 1.34. The minimum absolute atomic E-state index is 0.523. The summed E-state index contributed by atoms with van der Waals surface area (Å²) in [4.78, 5) is 2.56. The van der Waals surface area contributed by atoms with E-state index in [4.69, 9.17) is 10.5 Å². The molecule has 0 bridgehead atoms. The monoisotopic (exact) mass is 276 g/mol. The zero-order valence-electron chi connectivity index (χ0n) is 12.9. The quantitative estimate of drug-likeness (QED) is 0.776. The SMILES string of the molecule is CC(C)COc1ccc(CCCN2CCCC2)cc1N. The molecule has 0 atom stereocenters. The summed E-state index contributed by atoms with van der Waals surface area (Å²) < 4.78 is 5.71. The molecule has 0 saturated carbocycles. The van der Waals surface area contributed by atoms with E-state index >= 15 is 0 Å². The average Bonchev–Trinajstić information content (AvgIpc) is 2.91. The van der Waals surface area contributed by atoms with Gasteiger partial charge in [0, 0.05) is 0 Å². The first-order valence-electron chi connectivity index (χ1n) is 7.88. The van der Waals surface area contributed by atoms with E-state index in [1.54, 1.807) is 0 Å². The molecule has 1 fully saturated rings. The lowest BCUT2D eigenvalue weighted by atomic mass is 10.1. The molecule has 1 aromatic rings. The molecule has 0 amide bonds. The van der Waals surface area contributed by atoms with Crippen molar-refractivity contribution in [3.05, 3.63) is 23.8 Å². The van der Waals surface area contributed by atoms with Crippen molar-refractivity contribution in [2.75, 3.05) is 32.0 Å². The van der Waals surface area contributed by atoms with Gasteiger partial charge >= 0.3 is 0 Å². The lowest BCUT2D eigenvalue weighted by Gasteiger charge is -2.15. The third-order valence-electron chi connectivity index (χ3n) is 3.78. The number of nitrogens with two attached hydrogens (primary N) is 1. The van der Waals surface area contributed by atoms with E-state index in [2.05, 4.69) is 30.9 Å². The average molecular weight is 276 g/mol. The molecular formula is C17H28N2O. The van der Waals surface area contributed by atoms with E-state index in [1.807, 2.05) is 6.07 Å². The minimum atomic E-state index is 0.523. The summed E-state index contributed by atoms with van der Waals surface area (Å²) in [6.07, 6.45) is 5.06. The van der Waals surface area contributed by atoms with Gasteiger partial charge in [0.05, 0.1) is 12.3 Å². The van der Waals surface area contributed by atoms with Gasteiger partial charge in [-0.15, -0.1) is 0 Å². The van der Waals surface area contributed by atoms with Crippen molar-refractivity contribution in [1.29, 1.82) is 0 Å². The van der Waals surface area contributed by atoms with Crippen LogP contribution < -0.4 is 10.5 Å². The second-order valence-corrected chi connectivity index (χ2v) is 6.23. The van der Waals surface area contributed by atoms with Crippen LogP contribution in [0.5, 0.6) is 5.75 Å². The van der Waals surface area contributed by atoms with E-state index in [9.17, 15) is 0 Å². The molecule has 20 heavy (non-hydrogen) atoms. The summed E-state index contributed by atoms with van der Waals surface area (Å²) >= 11 is 0. The Balaban J connectivity index is 1.78. The van der Waals surface area contributed by atoms with Crippen LogP contribution in [-0.4, -0.2) is 31.1 Å². The lowest BCUT2D eigenvalue weighted by Crippen LogP contribution is -2.20. The highest BCUT2D eigenvalue weighted by atomic mass is 16.5. The van der Waals surface area contributed by atoms with Crippen molar-refractivity contribution < 1.29 is 4.74 Å². The Bertz CT molecular complexity index is 411.